The normalized spacial score (nSPS) is 21.6. The average Bonchev–Trinajstić information content (AvgIpc) is 3.96. The molecule has 4 aliphatic rings. The minimum atomic E-state index is -4.45. The molecule has 0 radical (unpaired) electrons. The number of alkyl halides is 3. The molecule has 75 heavy (non-hydrogen) atoms. The lowest BCUT2D eigenvalue weighted by Gasteiger charge is -2.39. The van der Waals surface area contributed by atoms with Crippen LogP contribution in [-0.2, 0) is 34.8 Å². The maximum Gasteiger partial charge on any atom is 0.416 e. The van der Waals surface area contributed by atoms with E-state index in [2.05, 4.69) is 56.7 Å². The molecule has 0 spiro atoms. The highest BCUT2D eigenvalue weighted by Gasteiger charge is 2.39. The third-order valence-corrected chi connectivity index (χ3v) is 14.3. The molecule has 2 aliphatic carbocycles. The number of aromatic nitrogens is 3. The third kappa shape index (κ3) is 18.9. The number of fused-ring (bicyclic) bond motifs is 1. The van der Waals surface area contributed by atoms with E-state index >= 15 is 0 Å². The highest BCUT2D eigenvalue weighted by atomic mass is 19.4. The van der Waals surface area contributed by atoms with Gasteiger partial charge >= 0.3 is 6.18 Å². The Hall–Kier alpha value is -6.09. The van der Waals surface area contributed by atoms with Gasteiger partial charge in [0.2, 0.25) is 23.6 Å². The minimum Gasteiger partial charge on any atom is -0.378 e. The highest BCUT2D eigenvalue weighted by Crippen LogP contribution is 2.37. The number of pyridine rings is 1. The van der Waals surface area contributed by atoms with Gasteiger partial charge in [0.05, 0.1) is 37.5 Å². The van der Waals surface area contributed by atoms with E-state index in [1.807, 2.05) is 42.3 Å². The van der Waals surface area contributed by atoms with Crippen molar-refractivity contribution in [1.29, 1.82) is 0 Å². The summed E-state index contributed by atoms with van der Waals surface area (Å²) in [6.07, 6.45) is 10.0. The summed E-state index contributed by atoms with van der Waals surface area (Å²) in [6.45, 7) is 9.30. The molecule has 20 heteroatoms. The van der Waals surface area contributed by atoms with Gasteiger partial charge in [-0.3, -0.25) is 24.2 Å². The lowest BCUT2D eigenvalue weighted by molar-refractivity contribution is -0.137. The van der Waals surface area contributed by atoms with Crippen LogP contribution in [0.5, 0.6) is 0 Å². The second-order valence-corrected chi connectivity index (χ2v) is 19.7. The maximum absolute atomic E-state index is 13.2. The first-order valence-corrected chi connectivity index (χ1v) is 26.1. The second kappa shape index (κ2) is 30.5. The van der Waals surface area contributed by atoms with Crippen molar-refractivity contribution < 1.29 is 46.6 Å². The van der Waals surface area contributed by atoms with Gasteiger partial charge in [-0.25, -0.2) is 9.97 Å². The zero-order chi connectivity index (χ0) is 54.3. The number of amides is 4. The van der Waals surface area contributed by atoms with Gasteiger partial charge in [-0.1, -0.05) is 18.2 Å². The van der Waals surface area contributed by atoms with Gasteiger partial charge in [0.1, 0.15) is 24.5 Å². The lowest BCUT2D eigenvalue weighted by atomic mass is 9.78. The van der Waals surface area contributed by atoms with Crippen LogP contribution in [0.1, 0.15) is 105 Å². The van der Waals surface area contributed by atoms with Gasteiger partial charge in [0, 0.05) is 93.0 Å². The lowest BCUT2D eigenvalue weighted by Crippen LogP contribution is -2.46. The number of rotatable bonds is 18. The van der Waals surface area contributed by atoms with E-state index in [4.69, 9.17) is 15.2 Å². The van der Waals surface area contributed by atoms with Gasteiger partial charge < -0.3 is 50.7 Å². The topological polar surface area (TPSA) is 214 Å². The van der Waals surface area contributed by atoms with Crippen LogP contribution in [0.2, 0.25) is 0 Å². The Balaban J connectivity index is 0.000000218. The van der Waals surface area contributed by atoms with E-state index in [1.54, 1.807) is 36.5 Å². The molecule has 4 fully saturated rings. The van der Waals surface area contributed by atoms with E-state index in [1.165, 1.54) is 18.0 Å². The summed E-state index contributed by atoms with van der Waals surface area (Å²) >= 11 is 0. The molecular weight excluding hydrogens is 970 g/mol. The molecule has 2 unspecified atom stereocenters. The Kier molecular flexibility index (Phi) is 24.3. The largest absolute Gasteiger partial charge is 0.416 e. The molecule has 4 heterocycles. The van der Waals surface area contributed by atoms with E-state index < -0.39 is 23.7 Å². The Bertz CT molecular complexity index is 2360. The minimum absolute atomic E-state index is 0.00408. The van der Waals surface area contributed by atoms with Crippen LogP contribution in [0.25, 0.3) is 10.9 Å². The zero-order valence-corrected chi connectivity index (χ0v) is 44.1. The Labute approximate surface area is 439 Å². The van der Waals surface area contributed by atoms with Crippen molar-refractivity contribution in [2.45, 2.75) is 114 Å². The SMILES string of the molecule is CC(C)N(C)C1CCC(N2CCC(Nc3ncnc4ccc(C(F)(F)F)cc34)C2=O)CC1.CN1CC(C=O)CC1=O.CNCCOCCOCCNC(=O)C1CCC(c2ccc(C(N)=O)cc2)CC1.c1ccncc1. The van der Waals surface area contributed by atoms with Crippen molar-refractivity contribution in [3.8, 4) is 0 Å². The van der Waals surface area contributed by atoms with Crippen molar-refractivity contribution >= 4 is 46.6 Å². The third-order valence-electron chi connectivity index (χ3n) is 14.3. The standard InChI is InChI=1S/C23H30F3N5O.C21H33N3O4.C6H9NO2.C5H5N/c1-14(2)30(3)16-5-7-17(8-6-16)31-11-10-20(22(31)32)29-21-18-12-15(23(24,25)26)4-9-19(18)27-13-28-21;1-23-10-12-27-14-15-28-13-11-24-21(26)19-8-4-17(5-9-19)16-2-6-18(7-3-16)20(22)25;1-7-3-5(4-8)2-6(7)9;1-2-4-6-5-3-1/h4,9,12-14,16-17,20H,5-8,10-11H2,1-3H3,(H,27,28,29);2-3,6-7,17,19,23H,4-5,8-15H2,1H3,(H2,22,25)(H,24,26);4-5H,2-3H2,1H3;1-5H. The predicted octanol–water partition coefficient (Wildman–Crippen LogP) is 6.49. The van der Waals surface area contributed by atoms with Crippen molar-refractivity contribution in [2.24, 2.45) is 17.6 Å². The fourth-order valence-electron chi connectivity index (χ4n) is 9.71. The number of carbonyl (C=O) groups is 5. The molecule has 0 bridgehead atoms. The molecule has 17 nitrogen and oxygen atoms in total. The maximum atomic E-state index is 13.2. The summed E-state index contributed by atoms with van der Waals surface area (Å²) in [6, 6.07) is 17.4. The number of likely N-dealkylation sites (N-methyl/N-ethyl adjacent to an activating group) is 1. The highest BCUT2D eigenvalue weighted by molar-refractivity contribution is 5.94. The number of nitrogens with zero attached hydrogens (tertiary/aromatic N) is 6. The van der Waals surface area contributed by atoms with E-state index in [0.717, 1.165) is 76.3 Å². The number of nitrogens with two attached hydrogens (primary N) is 1. The summed E-state index contributed by atoms with van der Waals surface area (Å²) in [4.78, 5) is 75.4. The number of nitrogens with one attached hydrogen (secondary N) is 3. The number of likely N-dealkylation sites (tertiary alicyclic amines) is 2. The summed E-state index contributed by atoms with van der Waals surface area (Å²) in [5, 5.41) is 9.36. The molecule has 2 saturated heterocycles. The van der Waals surface area contributed by atoms with Gasteiger partial charge in [0.25, 0.3) is 0 Å². The smallest absolute Gasteiger partial charge is 0.378 e. The Morgan fingerprint density at radius 2 is 1.55 bits per heavy atom. The van der Waals surface area contributed by atoms with Crippen LogP contribution in [0.3, 0.4) is 0 Å². The monoisotopic (exact) mass is 1050 g/mol. The molecule has 4 aromatic rings. The van der Waals surface area contributed by atoms with Crippen LogP contribution in [0, 0.1) is 11.8 Å². The summed E-state index contributed by atoms with van der Waals surface area (Å²) in [7, 11) is 5.76. The molecule has 2 atom stereocenters. The molecule has 2 aliphatic heterocycles. The molecular formula is C55H77F3N10O7. The first-order valence-electron chi connectivity index (χ1n) is 26.1. The first-order chi connectivity index (χ1) is 36.0. The molecule has 2 aromatic carbocycles. The van der Waals surface area contributed by atoms with Crippen LogP contribution in [0.4, 0.5) is 19.0 Å². The van der Waals surface area contributed by atoms with Gasteiger partial charge in [0.15, 0.2) is 0 Å². The Morgan fingerprint density at radius 3 is 2.08 bits per heavy atom. The summed E-state index contributed by atoms with van der Waals surface area (Å²) in [5.74, 6) is 0.527. The summed E-state index contributed by atoms with van der Waals surface area (Å²) < 4.78 is 50.3. The number of anilines is 1. The molecule has 4 amide bonds. The quantitative estimate of drug-likeness (QED) is 0.0621. The number of primary amides is 1. The fraction of sp³-hybridized carbons (Fsp3) is 0.564. The fourth-order valence-corrected chi connectivity index (χ4v) is 9.71. The molecule has 5 N–H and O–H groups in total. The molecule has 8 rings (SSSR count). The number of hydrogen-bond donors (Lipinski definition) is 4. The van der Waals surface area contributed by atoms with Crippen molar-refractivity contribution in [2.75, 3.05) is 79.1 Å². The van der Waals surface area contributed by atoms with E-state index in [-0.39, 0.29) is 46.8 Å². The van der Waals surface area contributed by atoms with Crippen LogP contribution in [0.15, 0.2) is 79.4 Å². The zero-order valence-electron chi connectivity index (χ0n) is 44.1. The van der Waals surface area contributed by atoms with Gasteiger partial charge in [-0.15, -0.1) is 0 Å². The van der Waals surface area contributed by atoms with Crippen molar-refractivity contribution in [1.82, 2.24) is 40.3 Å². The van der Waals surface area contributed by atoms with Crippen LogP contribution in [-0.4, -0.2) is 157 Å². The van der Waals surface area contributed by atoms with Gasteiger partial charge in [-0.2, -0.15) is 13.2 Å². The average molecular weight is 1050 g/mol. The van der Waals surface area contributed by atoms with Gasteiger partial charge in [-0.05, 0) is 140 Å². The number of hydrogen-bond acceptors (Lipinski definition) is 13. The number of aldehydes is 1. The number of carbonyl (C=O) groups excluding carboxylic acids is 5. The summed E-state index contributed by atoms with van der Waals surface area (Å²) in [5.41, 5.74) is 6.68. The first kappa shape index (κ1) is 59.8. The Morgan fingerprint density at radius 1 is 0.880 bits per heavy atom. The predicted molar refractivity (Wildman–Crippen MR) is 282 cm³/mol. The van der Waals surface area contributed by atoms with E-state index in [0.29, 0.717) is 88.0 Å². The van der Waals surface area contributed by atoms with E-state index in [9.17, 15) is 37.1 Å². The molecule has 410 valence electrons. The number of halogens is 3. The van der Waals surface area contributed by atoms with Crippen LogP contribution >= 0.6 is 0 Å². The number of ether oxygens (including phenoxy) is 2. The van der Waals surface area contributed by atoms with Crippen molar-refractivity contribution in [3.63, 3.8) is 0 Å². The molecule has 2 saturated carbocycles. The molecule has 2 aromatic heterocycles. The van der Waals surface area contributed by atoms with Crippen LogP contribution < -0.4 is 21.7 Å². The number of benzene rings is 2. The second-order valence-electron chi connectivity index (χ2n) is 19.7. The van der Waals surface area contributed by atoms with Crippen molar-refractivity contribution in [3.05, 3.63) is 96.1 Å².